The zero-order valence-electron chi connectivity index (χ0n) is 14.0. The lowest BCUT2D eigenvalue weighted by Crippen LogP contribution is -2.48. The minimum atomic E-state index is -3.05. The monoisotopic (exact) mass is 376 g/mol. The van der Waals surface area contributed by atoms with Crippen molar-refractivity contribution in [2.75, 3.05) is 25.6 Å². The Morgan fingerprint density at radius 1 is 1.42 bits per heavy atom. The second kappa shape index (κ2) is 7.37. The number of benzene rings is 1. The van der Waals surface area contributed by atoms with Gasteiger partial charge >= 0.3 is 0 Å². The van der Waals surface area contributed by atoms with E-state index in [-0.39, 0.29) is 30.0 Å². The molecular weight excluding hydrogens is 355 g/mol. The molecule has 0 radical (unpaired) electrons. The highest BCUT2D eigenvalue weighted by molar-refractivity contribution is 7.91. The first kappa shape index (κ1) is 19.1. The number of carbonyl (C=O) groups is 1. The van der Waals surface area contributed by atoms with Gasteiger partial charge in [0.15, 0.2) is 9.84 Å². The number of halogens is 2. The van der Waals surface area contributed by atoms with Crippen LogP contribution in [0.5, 0.6) is 0 Å². The molecular formula is C16H22ClFN2O3S. The maximum Gasteiger partial charge on any atom is 0.239 e. The predicted molar refractivity (Wildman–Crippen MR) is 92.2 cm³/mol. The Morgan fingerprint density at radius 2 is 2.08 bits per heavy atom. The van der Waals surface area contributed by atoms with E-state index in [1.54, 1.807) is 32.0 Å². The lowest BCUT2D eigenvalue weighted by atomic mass is 10.1. The molecule has 1 saturated heterocycles. The third-order valence-corrected chi connectivity index (χ3v) is 6.70. The number of sulfone groups is 1. The van der Waals surface area contributed by atoms with E-state index in [4.69, 9.17) is 11.6 Å². The van der Waals surface area contributed by atoms with Crippen LogP contribution in [0.1, 0.15) is 18.9 Å². The van der Waals surface area contributed by atoms with Crippen molar-refractivity contribution in [2.24, 2.45) is 0 Å². The number of hydrogen-bond acceptors (Lipinski definition) is 4. The quantitative estimate of drug-likeness (QED) is 0.788. The van der Waals surface area contributed by atoms with Gasteiger partial charge in [-0.2, -0.15) is 0 Å². The molecule has 5 nitrogen and oxygen atoms in total. The molecule has 1 aliphatic heterocycles. The van der Waals surface area contributed by atoms with Crippen LogP contribution >= 0.6 is 11.6 Å². The fourth-order valence-electron chi connectivity index (χ4n) is 2.81. The minimum absolute atomic E-state index is 0.00478. The lowest BCUT2D eigenvalue weighted by molar-refractivity contribution is -0.136. The van der Waals surface area contributed by atoms with Gasteiger partial charge in [-0.25, -0.2) is 12.8 Å². The molecule has 1 heterocycles. The Kier molecular flexibility index (Phi) is 5.88. The van der Waals surface area contributed by atoms with E-state index >= 15 is 0 Å². The Morgan fingerprint density at radius 3 is 2.62 bits per heavy atom. The van der Waals surface area contributed by atoms with E-state index in [1.807, 2.05) is 0 Å². The van der Waals surface area contributed by atoms with Crippen molar-refractivity contribution in [3.8, 4) is 0 Å². The molecule has 2 atom stereocenters. The Hall–Kier alpha value is -1.18. The number of hydrogen-bond donors (Lipinski definition) is 0. The van der Waals surface area contributed by atoms with Gasteiger partial charge in [0.05, 0.1) is 17.5 Å². The van der Waals surface area contributed by atoms with Crippen molar-refractivity contribution < 1.29 is 17.6 Å². The summed E-state index contributed by atoms with van der Waals surface area (Å²) in [6.07, 6.45) is 0.458. The molecule has 0 aromatic heterocycles. The summed E-state index contributed by atoms with van der Waals surface area (Å²) in [5.74, 6) is -0.480. The molecule has 0 N–H and O–H groups in total. The van der Waals surface area contributed by atoms with E-state index < -0.39 is 21.7 Å². The molecule has 0 bridgehead atoms. The van der Waals surface area contributed by atoms with Crippen LogP contribution in [-0.4, -0.2) is 61.8 Å². The number of amides is 1. The van der Waals surface area contributed by atoms with Crippen molar-refractivity contribution >= 4 is 27.3 Å². The van der Waals surface area contributed by atoms with Crippen LogP contribution in [0.4, 0.5) is 4.39 Å². The molecule has 0 spiro atoms. The standard InChI is InChI=1S/C16H22ClFN2O3S/c1-11(16(21)20(3)12-7-8-24(22,23)10-12)19(2)9-13-14(17)5-4-6-15(13)18/h4-6,11-12H,7-10H2,1-3H3/t11-,12-/m0/s1. The third kappa shape index (κ3) is 4.26. The normalized spacial score (nSPS) is 21.0. The number of rotatable bonds is 5. The SMILES string of the molecule is C[C@@H](C(=O)N(C)[C@H]1CCS(=O)(=O)C1)N(C)Cc1c(F)cccc1Cl. The summed E-state index contributed by atoms with van der Waals surface area (Å²) in [6, 6.07) is 3.65. The zero-order chi connectivity index (χ0) is 18.1. The molecule has 8 heteroatoms. The molecule has 1 aromatic carbocycles. The summed E-state index contributed by atoms with van der Waals surface area (Å²) in [5.41, 5.74) is 0.340. The first-order valence-electron chi connectivity index (χ1n) is 7.72. The first-order chi connectivity index (χ1) is 11.1. The third-order valence-electron chi connectivity index (χ3n) is 4.59. The minimum Gasteiger partial charge on any atom is -0.340 e. The summed E-state index contributed by atoms with van der Waals surface area (Å²) in [7, 11) is 0.278. The van der Waals surface area contributed by atoms with Gasteiger partial charge in [-0.3, -0.25) is 9.69 Å². The van der Waals surface area contributed by atoms with E-state index in [2.05, 4.69) is 0 Å². The van der Waals surface area contributed by atoms with E-state index in [1.165, 1.54) is 17.0 Å². The van der Waals surface area contributed by atoms with Gasteiger partial charge in [0.1, 0.15) is 5.82 Å². The van der Waals surface area contributed by atoms with E-state index in [9.17, 15) is 17.6 Å². The van der Waals surface area contributed by atoms with Crippen LogP contribution in [-0.2, 0) is 21.2 Å². The maximum absolute atomic E-state index is 13.9. The number of likely N-dealkylation sites (N-methyl/N-ethyl adjacent to an activating group) is 2. The van der Waals surface area contributed by atoms with Gasteiger partial charge in [-0.05, 0) is 32.5 Å². The molecule has 0 aliphatic carbocycles. The number of carbonyl (C=O) groups excluding carboxylic acids is 1. The van der Waals surface area contributed by atoms with Gasteiger partial charge in [0.25, 0.3) is 0 Å². The Labute approximate surface area is 147 Å². The van der Waals surface area contributed by atoms with Crippen LogP contribution in [0, 0.1) is 5.82 Å². The highest BCUT2D eigenvalue weighted by Gasteiger charge is 2.34. The summed E-state index contributed by atoms with van der Waals surface area (Å²) >= 11 is 6.03. The molecule has 1 aliphatic rings. The van der Waals surface area contributed by atoms with E-state index in [0.29, 0.717) is 17.0 Å². The molecule has 2 rings (SSSR count). The molecule has 1 aromatic rings. The highest BCUT2D eigenvalue weighted by Crippen LogP contribution is 2.22. The predicted octanol–water partition coefficient (Wildman–Crippen LogP) is 1.94. The van der Waals surface area contributed by atoms with Crippen LogP contribution in [0.25, 0.3) is 0 Å². The van der Waals surface area contributed by atoms with Crippen LogP contribution in [0.2, 0.25) is 5.02 Å². The number of nitrogens with zero attached hydrogens (tertiary/aromatic N) is 2. The smallest absolute Gasteiger partial charge is 0.239 e. The van der Waals surface area contributed by atoms with Crippen molar-refractivity contribution in [1.29, 1.82) is 0 Å². The van der Waals surface area contributed by atoms with Crippen LogP contribution in [0.15, 0.2) is 18.2 Å². The van der Waals surface area contributed by atoms with Crippen molar-refractivity contribution in [3.63, 3.8) is 0 Å². The van der Waals surface area contributed by atoms with Crippen molar-refractivity contribution in [3.05, 3.63) is 34.6 Å². The maximum atomic E-state index is 13.9. The van der Waals surface area contributed by atoms with Gasteiger partial charge in [0, 0.05) is 30.2 Å². The fourth-order valence-corrected chi connectivity index (χ4v) is 4.81. The van der Waals surface area contributed by atoms with Gasteiger partial charge in [-0.1, -0.05) is 17.7 Å². The Balaban J connectivity index is 2.04. The summed E-state index contributed by atoms with van der Waals surface area (Å²) in [4.78, 5) is 15.8. The van der Waals surface area contributed by atoms with E-state index in [0.717, 1.165) is 0 Å². The topological polar surface area (TPSA) is 57.7 Å². The molecule has 1 amide bonds. The van der Waals surface area contributed by atoms with Crippen LogP contribution < -0.4 is 0 Å². The summed E-state index contributed by atoms with van der Waals surface area (Å²) < 4.78 is 37.1. The van der Waals surface area contributed by atoms with Crippen LogP contribution in [0.3, 0.4) is 0 Å². The van der Waals surface area contributed by atoms with Crippen molar-refractivity contribution in [1.82, 2.24) is 9.80 Å². The highest BCUT2D eigenvalue weighted by atomic mass is 35.5. The van der Waals surface area contributed by atoms with Gasteiger partial charge < -0.3 is 4.90 Å². The second-order valence-electron chi connectivity index (χ2n) is 6.30. The summed E-state index contributed by atoms with van der Waals surface area (Å²) in [5, 5.41) is 0.316. The fraction of sp³-hybridized carbons (Fsp3) is 0.562. The van der Waals surface area contributed by atoms with Gasteiger partial charge in [0.2, 0.25) is 5.91 Å². The average molecular weight is 377 g/mol. The lowest BCUT2D eigenvalue weighted by Gasteiger charge is -2.31. The zero-order valence-corrected chi connectivity index (χ0v) is 15.6. The molecule has 24 heavy (non-hydrogen) atoms. The van der Waals surface area contributed by atoms with Crippen molar-refractivity contribution in [2.45, 2.75) is 32.0 Å². The second-order valence-corrected chi connectivity index (χ2v) is 8.93. The Bertz CT molecular complexity index is 706. The first-order valence-corrected chi connectivity index (χ1v) is 9.92. The molecule has 1 fully saturated rings. The molecule has 0 unspecified atom stereocenters. The van der Waals surface area contributed by atoms with Gasteiger partial charge in [-0.15, -0.1) is 0 Å². The average Bonchev–Trinajstić information content (AvgIpc) is 2.88. The molecule has 0 saturated carbocycles. The molecule has 134 valence electrons. The summed E-state index contributed by atoms with van der Waals surface area (Å²) in [6.45, 7) is 1.91. The largest absolute Gasteiger partial charge is 0.340 e.